The molecule has 2 rings (SSSR count). The Kier molecular flexibility index (Phi) is 6.26. The maximum Gasteiger partial charge on any atom is 0.133 e. The average molecular weight is 481 g/mol. The van der Waals surface area contributed by atoms with Gasteiger partial charge in [0.1, 0.15) is 11.6 Å². The molecule has 0 aromatic heterocycles. The van der Waals surface area contributed by atoms with E-state index in [-0.39, 0.29) is 10.6 Å². The fourth-order valence-electron chi connectivity index (χ4n) is 1.89. The fraction of sp³-hybridized carbons (Fsp3) is 0.250. The molecule has 0 fully saturated rings. The van der Waals surface area contributed by atoms with E-state index in [2.05, 4.69) is 54.7 Å². The predicted octanol–water partition coefficient (Wildman–Crippen LogP) is 6.62. The lowest BCUT2D eigenvalue weighted by Crippen LogP contribution is -1.98. The summed E-state index contributed by atoms with van der Waals surface area (Å²) in [6, 6.07) is 10.6. The van der Waals surface area contributed by atoms with Crippen LogP contribution in [0.1, 0.15) is 29.3 Å². The molecule has 0 spiro atoms. The summed E-state index contributed by atoms with van der Waals surface area (Å²) in [5.74, 6) is 0.568. The molecule has 2 aromatic rings. The van der Waals surface area contributed by atoms with E-state index in [1.54, 1.807) is 6.07 Å². The molecule has 21 heavy (non-hydrogen) atoms. The van der Waals surface area contributed by atoms with E-state index in [1.807, 2.05) is 18.2 Å². The molecule has 2 aromatic carbocycles. The zero-order valence-electron chi connectivity index (χ0n) is 11.4. The van der Waals surface area contributed by atoms with Gasteiger partial charge in [-0.05, 0) is 63.8 Å². The molecule has 0 N–H and O–H groups in total. The second-order valence-electron chi connectivity index (χ2n) is 4.57. The Morgan fingerprint density at radius 1 is 1.10 bits per heavy atom. The van der Waals surface area contributed by atoms with Crippen LogP contribution in [0.5, 0.6) is 5.75 Å². The highest BCUT2D eigenvalue weighted by Gasteiger charge is 2.16. The normalized spacial score (nSPS) is 12.2. The largest absolute Gasteiger partial charge is 0.492 e. The van der Waals surface area contributed by atoms with Gasteiger partial charge in [-0.15, -0.1) is 0 Å². The summed E-state index contributed by atoms with van der Waals surface area (Å²) in [7, 11) is 0. The Balaban J connectivity index is 2.29. The van der Waals surface area contributed by atoms with Gasteiger partial charge in [0.2, 0.25) is 0 Å². The number of hydrogen-bond acceptors (Lipinski definition) is 1. The smallest absolute Gasteiger partial charge is 0.133 e. The van der Waals surface area contributed by atoms with Gasteiger partial charge in [-0.25, -0.2) is 4.39 Å². The molecule has 0 aliphatic rings. The monoisotopic (exact) mass is 478 g/mol. The van der Waals surface area contributed by atoms with Gasteiger partial charge < -0.3 is 4.74 Å². The van der Waals surface area contributed by atoms with Crippen LogP contribution < -0.4 is 4.74 Å². The Morgan fingerprint density at radius 3 is 2.52 bits per heavy atom. The second kappa shape index (κ2) is 7.75. The Labute approximate surface area is 149 Å². The third-order valence-electron chi connectivity index (χ3n) is 2.94. The van der Waals surface area contributed by atoms with Crippen molar-refractivity contribution in [2.75, 3.05) is 6.61 Å². The van der Waals surface area contributed by atoms with Crippen LogP contribution in [0.2, 0.25) is 0 Å². The maximum absolute atomic E-state index is 13.4. The lowest BCUT2D eigenvalue weighted by atomic mass is 10.0. The highest BCUT2D eigenvalue weighted by Crippen LogP contribution is 2.38. The first-order chi connectivity index (χ1) is 10.0. The standard InChI is InChI=1S/C16H14Br3FO/c1-2-7-21-15-6-3-10(8-14(15)18)16(19)12-9-11(20)4-5-13(12)17/h3-6,8-9,16H,2,7H2,1H3. The van der Waals surface area contributed by atoms with E-state index in [4.69, 9.17) is 4.74 Å². The maximum atomic E-state index is 13.4. The lowest BCUT2D eigenvalue weighted by molar-refractivity contribution is 0.315. The molecule has 0 saturated heterocycles. The van der Waals surface area contributed by atoms with Gasteiger partial charge in [-0.2, -0.15) is 0 Å². The van der Waals surface area contributed by atoms with Crippen molar-refractivity contribution in [1.82, 2.24) is 0 Å². The van der Waals surface area contributed by atoms with Crippen molar-refractivity contribution in [1.29, 1.82) is 0 Å². The van der Waals surface area contributed by atoms with Crippen molar-refractivity contribution in [3.05, 3.63) is 62.3 Å². The minimum atomic E-state index is -0.250. The van der Waals surface area contributed by atoms with Crippen molar-refractivity contribution < 1.29 is 9.13 Å². The van der Waals surface area contributed by atoms with Crippen LogP contribution in [0.15, 0.2) is 45.3 Å². The molecule has 112 valence electrons. The van der Waals surface area contributed by atoms with Crippen molar-refractivity contribution >= 4 is 47.8 Å². The molecule has 0 saturated carbocycles. The number of benzene rings is 2. The molecule has 1 atom stereocenters. The third-order valence-corrected chi connectivity index (χ3v) is 5.31. The van der Waals surface area contributed by atoms with Gasteiger partial charge in [0.05, 0.1) is 15.9 Å². The molecule has 1 nitrogen and oxygen atoms in total. The molecular weight excluding hydrogens is 467 g/mol. The van der Waals surface area contributed by atoms with Crippen LogP contribution in [0.25, 0.3) is 0 Å². The second-order valence-corrected chi connectivity index (χ2v) is 7.19. The number of halogens is 4. The summed E-state index contributed by atoms with van der Waals surface area (Å²) >= 11 is 10.6. The molecule has 0 heterocycles. The zero-order valence-corrected chi connectivity index (χ0v) is 16.1. The number of hydrogen-bond donors (Lipinski definition) is 0. The van der Waals surface area contributed by atoms with E-state index in [0.717, 1.165) is 32.2 Å². The van der Waals surface area contributed by atoms with Gasteiger partial charge >= 0.3 is 0 Å². The van der Waals surface area contributed by atoms with Crippen LogP contribution in [-0.2, 0) is 0 Å². The van der Waals surface area contributed by atoms with Gasteiger partial charge in [0.25, 0.3) is 0 Å². The number of ether oxygens (including phenoxy) is 1. The van der Waals surface area contributed by atoms with E-state index >= 15 is 0 Å². The summed E-state index contributed by atoms with van der Waals surface area (Å²) in [5.41, 5.74) is 1.88. The summed E-state index contributed by atoms with van der Waals surface area (Å²) in [6.07, 6.45) is 0.964. The predicted molar refractivity (Wildman–Crippen MR) is 94.8 cm³/mol. The summed E-state index contributed by atoms with van der Waals surface area (Å²) in [5, 5.41) is 0. The minimum Gasteiger partial charge on any atom is -0.492 e. The molecule has 0 bridgehead atoms. The average Bonchev–Trinajstić information content (AvgIpc) is 2.47. The first-order valence-electron chi connectivity index (χ1n) is 6.54. The molecule has 0 amide bonds. The molecular formula is C16H14Br3FO. The first-order valence-corrected chi connectivity index (χ1v) is 9.04. The van der Waals surface area contributed by atoms with E-state index in [1.165, 1.54) is 12.1 Å². The molecule has 0 radical (unpaired) electrons. The molecule has 0 aliphatic heterocycles. The van der Waals surface area contributed by atoms with Gasteiger partial charge in [-0.3, -0.25) is 0 Å². The van der Waals surface area contributed by atoms with Crippen molar-refractivity contribution in [2.24, 2.45) is 0 Å². The Hall–Kier alpha value is -0.390. The van der Waals surface area contributed by atoms with Crippen molar-refractivity contribution in [2.45, 2.75) is 18.2 Å². The van der Waals surface area contributed by atoms with Crippen molar-refractivity contribution in [3.8, 4) is 5.75 Å². The quantitative estimate of drug-likeness (QED) is 0.437. The van der Waals surface area contributed by atoms with E-state index in [0.29, 0.717) is 6.61 Å². The third kappa shape index (κ3) is 4.30. The van der Waals surface area contributed by atoms with Gasteiger partial charge in [-0.1, -0.05) is 44.8 Å². The molecule has 5 heteroatoms. The topological polar surface area (TPSA) is 9.23 Å². The number of rotatable bonds is 5. The molecule has 1 unspecified atom stereocenters. The van der Waals surface area contributed by atoms with E-state index < -0.39 is 0 Å². The fourth-order valence-corrected chi connectivity index (χ4v) is 3.85. The highest BCUT2D eigenvalue weighted by atomic mass is 79.9. The highest BCUT2D eigenvalue weighted by molar-refractivity contribution is 9.11. The summed E-state index contributed by atoms with van der Waals surface area (Å²) in [6.45, 7) is 2.75. The van der Waals surface area contributed by atoms with Crippen LogP contribution in [0.4, 0.5) is 4.39 Å². The summed E-state index contributed by atoms with van der Waals surface area (Å²) in [4.78, 5) is -0.0981. The van der Waals surface area contributed by atoms with Crippen LogP contribution in [-0.4, -0.2) is 6.61 Å². The number of alkyl halides is 1. The van der Waals surface area contributed by atoms with Crippen molar-refractivity contribution in [3.63, 3.8) is 0 Å². The summed E-state index contributed by atoms with van der Waals surface area (Å²) < 4.78 is 20.8. The lowest BCUT2D eigenvalue weighted by Gasteiger charge is -2.15. The minimum absolute atomic E-state index is 0.0981. The van der Waals surface area contributed by atoms with Crippen LogP contribution in [0, 0.1) is 5.82 Å². The van der Waals surface area contributed by atoms with Gasteiger partial charge in [0, 0.05) is 4.47 Å². The van der Waals surface area contributed by atoms with Gasteiger partial charge in [0.15, 0.2) is 0 Å². The Bertz CT molecular complexity index is 631. The molecule has 0 aliphatic carbocycles. The van der Waals surface area contributed by atoms with Crippen LogP contribution >= 0.6 is 47.8 Å². The van der Waals surface area contributed by atoms with E-state index in [9.17, 15) is 4.39 Å². The SMILES string of the molecule is CCCOc1ccc(C(Br)c2cc(F)ccc2Br)cc1Br. The zero-order chi connectivity index (χ0) is 15.4. The Morgan fingerprint density at radius 2 is 1.86 bits per heavy atom. The first kappa shape index (κ1) is 17.0. The van der Waals surface area contributed by atoms with Crippen LogP contribution in [0.3, 0.4) is 0 Å².